The van der Waals surface area contributed by atoms with Crippen LogP contribution in [0.5, 0.6) is 11.5 Å². The SMILES string of the molecule is COc1ccc(-c2nc(CNC34CC5CC(CC(C5)C3)C4)no2)c(OC)c1. The van der Waals surface area contributed by atoms with Gasteiger partial charge in [-0.2, -0.15) is 4.98 Å². The second kappa shape index (κ2) is 6.51. The molecule has 4 aliphatic carbocycles. The number of nitrogens with zero attached hydrogens (tertiary/aromatic N) is 2. The molecule has 4 saturated carbocycles. The fraction of sp³-hybridized carbons (Fsp3) is 0.619. The summed E-state index contributed by atoms with van der Waals surface area (Å²) in [7, 11) is 3.26. The number of nitrogens with one attached hydrogen (secondary N) is 1. The maximum absolute atomic E-state index is 5.52. The molecule has 4 bridgehead atoms. The van der Waals surface area contributed by atoms with E-state index in [2.05, 4.69) is 15.5 Å². The van der Waals surface area contributed by atoms with Gasteiger partial charge in [0.15, 0.2) is 5.82 Å². The minimum Gasteiger partial charge on any atom is -0.497 e. The lowest BCUT2D eigenvalue weighted by Crippen LogP contribution is -2.58. The van der Waals surface area contributed by atoms with Crippen LogP contribution in [0.15, 0.2) is 22.7 Å². The molecule has 1 aromatic heterocycles. The van der Waals surface area contributed by atoms with Gasteiger partial charge in [0.2, 0.25) is 0 Å². The lowest BCUT2D eigenvalue weighted by Gasteiger charge is -2.57. The summed E-state index contributed by atoms with van der Waals surface area (Å²) in [6, 6.07) is 5.59. The van der Waals surface area contributed by atoms with Gasteiger partial charge < -0.3 is 19.3 Å². The van der Waals surface area contributed by atoms with Crippen molar-refractivity contribution >= 4 is 0 Å². The van der Waals surface area contributed by atoms with Crippen LogP contribution < -0.4 is 14.8 Å². The van der Waals surface area contributed by atoms with Gasteiger partial charge in [0, 0.05) is 11.6 Å². The van der Waals surface area contributed by atoms with E-state index in [1.54, 1.807) is 14.2 Å². The van der Waals surface area contributed by atoms with Gasteiger partial charge >= 0.3 is 0 Å². The summed E-state index contributed by atoms with van der Waals surface area (Å²) in [6.45, 7) is 0.661. The third-order valence-electron chi connectivity index (χ3n) is 6.77. The molecular weight excluding hydrogens is 342 g/mol. The van der Waals surface area contributed by atoms with Gasteiger partial charge in [0.1, 0.15) is 11.5 Å². The molecule has 4 aliphatic rings. The number of hydrogen-bond acceptors (Lipinski definition) is 6. The van der Waals surface area contributed by atoms with E-state index in [4.69, 9.17) is 14.0 Å². The molecule has 0 saturated heterocycles. The van der Waals surface area contributed by atoms with E-state index in [0.29, 0.717) is 29.5 Å². The first-order valence-corrected chi connectivity index (χ1v) is 9.96. The normalized spacial score (nSPS) is 31.3. The Balaban J connectivity index is 1.30. The third kappa shape index (κ3) is 3.10. The van der Waals surface area contributed by atoms with Crippen molar-refractivity contribution in [3.63, 3.8) is 0 Å². The first-order chi connectivity index (χ1) is 13.2. The Labute approximate surface area is 159 Å². The zero-order chi connectivity index (χ0) is 18.4. The molecule has 27 heavy (non-hydrogen) atoms. The minimum absolute atomic E-state index is 0.299. The predicted octanol–water partition coefficient (Wildman–Crippen LogP) is 3.81. The average molecular weight is 369 g/mol. The van der Waals surface area contributed by atoms with Crippen molar-refractivity contribution < 1.29 is 14.0 Å². The molecule has 0 spiro atoms. The lowest BCUT2D eigenvalue weighted by atomic mass is 9.53. The number of methoxy groups -OCH3 is 2. The van der Waals surface area contributed by atoms with Crippen LogP contribution in [0.4, 0.5) is 0 Å². The van der Waals surface area contributed by atoms with Crippen molar-refractivity contribution in [2.24, 2.45) is 17.8 Å². The Morgan fingerprint density at radius 3 is 2.41 bits per heavy atom. The summed E-state index contributed by atoms with van der Waals surface area (Å²) in [5.41, 5.74) is 1.08. The number of rotatable bonds is 6. The molecule has 1 N–H and O–H groups in total. The predicted molar refractivity (Wildman–Crippen MR) is 101 cm³/mol. The van der Waals surface area contributed by atoms with Crippen molar-refractivity contribution in [2.45, 2.75) is 50.6 Å². The average Bonchev–Trinajstić information content (AvgIpc) is 3.14. The molecule has 0 amide bonds. The topological polar surface area (TPSA) is 69.4 Å². The third-order valence-corrected chi connectivity index (χ3v) is 6.77. The monoisotopic (exact) mass is 369 g/mol. The van der Waals surface area contributed by atoms with Crippen molar-refractivity contribution in [1.82, 2.24) is 15.5 Å². The summed E-state index contributed by atoms with van der Waals surface area (Å²) < 4.78 is 16.2. The molecule has 0 aliphatic heterocycles. The number of hydrogen-bond donors (Lipinski definition) is 1. The Morgan fingerprint density at radius 2 is 1.78 bits per heavy atom. The highest BCUT2D eigenvalue weighted by atomic mass is 16.5. The van der Waals surface area contributed by atoms with Gasteiger partial charge in [0.05, 0.1) is 26.3 Å². The molecule has 0 atom stereocenters. The van der Waals surface area contributed by atoms with Crippen molar-refractivity contribution in [3.8, 4) is 23.0 Å². The molecule has 0 unspecified atom stereocenters. The Hall–Kier alpha value is -2.08. The van der Waals surface area contributed by atoms with Crippen LogP contribution in [-0.2, 0) is 6.54 Å². The van der Waals surface area contributed by atoms with Gasteiger partial charge in [-0.3, -0.25) is 0 Å². The van der Waals surface area contributed by atoms with Crippen LogP contribution in [0, 0.1) is 17.8 Å². The number of ether oxygens (including phenoxy) is 2. The zero-order valence-corrected chi connectivity index (χ0v) is 16.0. The largest absolute Gasteiger partial charge is 0.497 e. The fourth-order valence-corrected chi connectivity index (χ4v) is 6.00. The highest BCUT2D eigenvalue weighted by molar-refractivity contribution is 5.64. The summed E-state index contributed by atoms with van der Waals surface area (Å²) in [4.78, 5) is 4.60. The van der Waals surface area contributed by atoms with E-state index in [9.17, 15) is 0 Å². The standard InChI is InChI=1S/C21H27N3O3/c1-25-16-3-4-17(18(8-16)26-2)20-23-19(24-27-20)12-22-21-9-13-5-14(10-21)7-15(6-13)11-21/h3-4,8,13-15,22H,5-7,9-12H2,1-2H3. The zero-order valence-electron chi connectivity index (χ0n) is 16.0. The van der Waals surface area contributed by atoms with Gasteiger partial charge in [-0.25, -0.2) is 0 Å². The van der Waals surface area contributed by atoms with Crippen LogP contribution in [0.3, 0.4) is 0 Å². The Kier molecular flexibility index (Phi) is 4.11. The molecule has 6 rings (SSSR count). The number of benzene rings is 1. The maximum Gasteiger partial charge on any atom is 0.261 e. The number of aromatic nitrogens is 2. The minimum atomic E-state index is 0.299. The molecule has 144 valence electrons. The molecule has 2 aromatic rings. The Morgan fingerprint density at radius 1 is 1.07 bits per heavy atom. The fourth-order valence-electron chi connectivity index (χ4n) is 6.00. The van der Waals surface area contributed by atoms with E-state index < -0.39 is 0 Å². The maximum atomic E-state index is 5.52. The van der Waals surface area contributed by atoms with Crippen molar-refractivity contribution in [3.05, 3.63) is 24.0 Å². The quantitative estimate of drug-likeness (QED) is 0.835. The van der Waals surface area contributed by atoms with Crippen LogP contribution in [0.25, 0.3) is 11.5 Å². The summed E-state index contributed by atoms with van der Waals surface area (Å²) in [6.07, 6.45) is 8.29. The molecule has 4 fully saturated rings. The first kappa shape index (κ1) is 17.0. The van der Waals surface area contributed by atoms with Crippen molar-refractivity contribution in [2.75, 3.05) is 14.2 Å². The van der Waals surface area contributed by atoms with Crippen LogP contribution >= 0.6 is 0 Å². The van der Waals surface area contributed by atoms with Gasteiger partial charge in [-0.05, 0) is 68.4 Å². The van der Waals surface area contributed by atoms with Crippen LogP contribution in [0.2, 0.25) is 0 Å². The van der Waals surface area contributed by atoms with Gasteiger partial charge in [-0.1, -0.05) is 5.16 Å². The molecule has 1 aromatic carbocycles. The van der Waals surface area contributed by atoms with Crippen LogP contribution in [-0.4, -0.2) is 29.9 Å². The first-order valence-electron chi connectivity index (χ1n) is 9.96. The summed E-state index contributed by atoms with van der Waals surface area (Å²) >= 11 is 0. The summed E-state index contributed by atoms with van der Waals surface area (Å²) in [5.74, 6) is 5.36. The molecule has 0 radical (unpaired) electrons. The van der Waals surface area contributed by atoms with E-state index in [0.717, 1.165) is 29.1 Å². The van der Waals surface area contributed by atoms with Gasteiger partial charge in [-0.15, -0.1) is 0 Å². The van der Waals surface area contributed by atoms with E-state index >= 15 is 0 Å². The van der Waals surface area contributed by atoms with Crippen LogP contribution in [0.1, 0.15) is 44.3 Å². The molecule has 6 nitrogen and oxygen atoms in total. The van der Waals surface area contributed by atoms with E-state index in [-0.39, 0.29) is 0 Å². The highest BCUT2D eigenvalue weighted by Crippen LogP contribution is 2.55. The second-order valence-corrected chi connectivity index (χ2v) is 8.63. The molecule has 6 heteroatoms. The smallest absolute Gasteiger partial charge is 0.261 e. The van der Waals surface area contributed by atoms with Crippen molar-refractivity contribution in [1.29, 1.82) is 0 Å². The molecular formula is C21H27N3O3. The summed E-state index contributed by atoms with van der Waals surface area (Å²) in [5, 5.41) is 8.01. The Bertz CT molecular complexity index is 797. The van der Waals surface area contributed by atoms with E-state index in [1.807, 2.05) is 18.2 Å². The molecule has 1 heterocycles. The highest BCUT2D eigenvalue weighted by Gasteiger charge is 2.50. The lowest BCUT2D eigenvalue weighted by molar-refractivity contribution is -0.0209. The van der Waals surface area contributed by atoms with Gasteiger partial charge in [0.25, 0.3) is 5.89 Å². The van der Waals surface area contributed by atoms with E-state index in [1.165, 1.54) is 38.5 Å². The second-order valence-electron chi connectivity index (χ2n) is 8.63.